The summed E-state index contributed by atoms with van der Waals surface area (Å²) in [6, 6.07) is 5.89. The Morgan fingerprint density at radius 3 is 2.61 bits per heavy atom. The Labute approximate surface area is 220 Å². The van der Waals surface area contributed by atoms with Crippen molar-refractivity contribution in [2.24, 2.45) is 5.41 Å². The molecule has 0 aliphatic carbocycles. The molecule has 11 nitrogen and oxygen atoms in total. The number of nitrogens with zero attached hydrogens (tertiary/aromatic N) is 7. The second kappa shape index (κ2) is 9.23. The molecule has 1 atom stereocenters. The van der Waals surface area contributed by atoms with Gasteiger partial charge in [-0.25, -0.2) is 14.8 Å². The largest absolute Gasteiger partial charge is 0.486 e. The predicted molar refractivity (Wildman–Crippen MR) is 141 cm³/mol. The first-order valence-electron chi connectivity index (χ1n) is 12.8. The maximum absolute atomic E-state index is 11.9. The second-order valence-electron chi connectivity index (χ2n) is 10.2. The van der Waals surface area contributed by atoms with E-state index in [0.717, 1.165) is 70.9 Å². The summed E-state index contributed by atoms with van der Waals surface area (Å²) in [6.07, 6.45) is 4.96. The van der Waals surface area contributed by atoms with Gasteiger partial charge in [0.2, 0.25) is 5.95 Å². The van der Waals surface area contributed by atoms with Gasteiger partial charge in [0.1, 0.15) is 17.5 Å². The van der Waals surface area contributed by atoms with Crippen molar-refractivity contribution in [3.63, 3.8) is 0 Å². The van der Waals surface area contributed by atoms with E-state index in [4.69, 9.17) is 9.47 Å². The fraction of sp³-hybridized carbons (Fsp3) is 0.407. The zero-order valence-electron chi connectivity index (χ0n) is 21.9. The second-order valence-corrected chi connectivity index (χ2v) is 10.2. The molecule has 0 saturated carbocycles. The molecule has 2 saturated heterocycles. The number of aryl methyl sites for hydroxylation is 2. The van der Waals surface area contributed by atoms with Crippen molar-refractivity contribution >= 4 is 22.9 Å². The Balaban J connectivity index is 1.14. The molecule has 2 aliphatic rings. The molecule has 1 aromatic carbocycles. The number of fused-ring (bicyclic) bond motifs is 1. The van der Waals surface area contributed by atoms with E-state index in [0.29, 0.717) is 12.6 Å². The van der Waals surface area contributed by atoms with Crippen molar-refractivity contribution in [2.75, 3.05) is 37.7 Å². The van der Waals surface area contributed by atoms with E-state index in [9.17, 15) is 4.79 Å². The minimum Gasteiger partial charge on any atom is -0.486 e. The number of aromatic amines is 1. The number of aromatic nitrogens is 6. The van der Waals surface area contributed by atoms with Gasteiger partial charge < -0.3 is 19.3 Å². The molecule has 2 fully saturated rings. The zero-order chi connectivity index (χ0) is 26.4. The van der Waals surface area contributed by atoms with E-state index < -0.39 is 0 Å². The van der Waals surface area contributed by atoms with Crippen LogP contribution in [0.5, 0.6) is 5.75 Å². The predicted octanol–water partition coefficient (Wildman–Crippen LogP) is 3.85. The lowest BCUT2D eigenvalue weighted by Crippen LogP contribution is -2.73. The standard InChI is InChI=1S/C27H30N8O3/c1-5-37-26(36)35-14-27(15-35)12-34(13-27)25-28-10-19(11-29-25)24-21-8-20(6-7-22(21)32-33-24)38-18(4)23-16(2)9-30-31-17(23)3/h6-11,18H,5,12-15H2,1-4H3,(H,32,33). The van der Waals surface area contributed by atoms with Crippen molar-refractivity contribution in [3.8, 4) is 17.0 Å². The van der Waals surface area contributed by atoms with Crippen LogP contribution in [0.3, 0.4) is 0 Å². The molecule has 38 heavy (non-hydrogen) atoms. The number of amides is 1. The number of ether oxygens (including phenoxy) is 2. The fourth-order valence-corrected chi connectivity index (χ4v) is 5.59. The number of likely N-dealkylation sites (tertiary alicyclic amines) is 1. The highest BCUT2D eigenvalue weighted by molar-refractivity contribution is 5.93. The Kier molecular flexibility index (Phi) is 5.85. The number of rotatable bonds is 6. The molecule has 196 valence electrons. The lowest BCUT2D eigenvalue weighted by molar-refractivity contribution is -0.0199. The maximum Gasteiger partial charge on any atom is 0.409 e. The van der Waals surface area contributed by atoms with E-state index in [1.54, 1.807) is 23.5 Å². The first-order chi connectivity index (χ1) is 18.4. The molecule has 5 heterocycles. The van der Waals surface area contributed by atoms with Crippen LogP contribution in [-0.4, -0.2) is 74.1 Å². The highest BCUT2D eigenvalue weighted by Crippen LogP contribution is 2.41. The Morgan fingerprint density at radius 1 is 1.13 bits per heavy atom. The van der Waals surface area contributed by atoms with Gasteiger partial charge in [-0.05, 0) is 51.5 Å². The molecule has 11 heteroatoms. The van der Waals surface area contributed by atoms with Gasteiger partial charge in [0, 0.05) is 60.5 Å². The Bertz CT molecular complexity index is 1470. The van der Waals surface area contributed by atoms with Crippen LogP contribution in [-0.2, 0) is 4.74 Å². The lowest BCUT2D eigenvalue weighted by Gasteiger charge is -2.59. The molecule has 1 spiro atoms. The number of hydrogen-bond acceptors (Lipinski definition) is 9. The number of carbonyl (C=O) groups excluding carboxylic acids is 1. The van der Waals surface area contributed by atoms with Crippen molar-refractivity contribution in [1.29, 1.82) is 0 Å². The number of nitrogens with one attached hydrogen (secondary N) is 1. The van der Waals surface area contributed by atoms with E-state index in [1.165, 1.54) is 0 Å². The van der Waals surface area contributed by atoms with Crippen LogP contribution in [0.2, 0.25) is 0 Å². The molecule has 0 bridgehead atoms. The molecular weight excluding hydrogens is 484 g/mol. The molecule has 4 aromatic rings. The van der Waals surface area contributed by atoms with Crippen LogP contribution in [0.1, 0.15) is 36.8 Å². The number of anilines is 1. The number of H-pyrrole nitrogens is 1. The van der Waals surface area contributed by atoms with Gasteiger partial charge in [-0.15, -0.1) is 0 Å². The smallest absolute Gasteiger partial charge is 0.409 e. The summed E-state index contributed by atoms with van der Waals surface area (Å²) < 4.78 is 11.4. The molecule has 3 aromatic heterocycles. The molecule has 1 unspecified atom stereocenters. The molecule has 2 aliphatic heterocycles. The number of hydrogen-bond donors (Lipinski definition) is 1. The summed E-state index contributed by atoms with van der Waals surface area (Å²) in [7, 11) is 0. The van der Waals surface area contributed by atoms with Crippen LogP contribution in [0.4, 0.5) is 10.7 Å². The molecule has 0 radical (unpaired) electrons. The first-order valence-corrected chi connectivity index (χ1v) is 12.8. The van der Waals surface area contributed by atoms with Crippen LogP contribution >= 0.6 is 0 Å². The third kappa shape index (κ3) is 4.17. The maximum atomic E-state index is 11.9. The van der Waals surface area contributed by atoms with E-state index >= 15 is 0 Å². The summed E-state index contributed by atoms with van der Waals surface area (Å²) in [5.74, 6) is 1.42. The summed E-state index contributed by atoms with van der Waals surface area (Å²) >= 11 is 0. The lowest BCUT2D eigenvalue weighted by atomic mass is 9.73. The SMILES string of the molecule is CCOC(=O)N1CC2(C1)CN(c1ncc(-c3n[nH]c4ccc(OC(C)c5c(C)cnnc5C)cc34)cn1)C2. The average Bonchev–Trinajstić information content (AvgIpc) is 3.26. The van der Waals surface area contributed by atoms with Crippen molar-refractivity contribution < 1.29 is 14.3 Å². The minimum absolute atomic E-state index is 0.129. The third-order valence-corrected chi connectivity index (χ3v) is 7.35. The Hall–Kier alpha value is -4.28. The van der Waals surface area contributed by atoms with Crippen molar-refractivity contribution in [2.45, 2.75) is 33.8 Å². The topological polar surface area (TPSA) is 122 Å². The molecular formula is C27H30N8O3. The highest BCUT2D eigenvalue weighted by Gasteiger charge is 2.54. The van der Waals surface area contributed by atoms with Crippen molar-refractivity contribution in [1.82, 2.24) is 35.3 Å². The monoisotopic (exact) mass is 514 g/mol. The number of benzene rings is 1. The van der Waals surface area contributed by atoms with Crippen molar-refractivity contribution in [3.05, 3.63) is 53.6 Å². The summed E-state index contributed by atoms with van der Waals surface area (Å²) in [5, 5.41) is 16.7. The van der Waals surface area contributed by atoms with Gasteiger partial charge in [0.25, 0.3) is 0 Å². The van der Waals surface area contributed by atoms with Crippen LogP contribution in [0.25, 0.3) is 22.2 Å². The summed E-state index contributed by atoms with van der Waals surface area (Å²) in [4.78, 5) is 25.0. The normalized spacial score (nSPS) is 16.7. The third-order valence-electron chi connectivity index (χ3n) is 7.35. The van der Waals surface area contributed by atoms with E-state index in [1.807, 2.05) is 45.9 Å². The quantitative estimate of drug-likeness (QED) is 0.409. The zero-order valence-corrected chi connectivity index (χ0v) is 21.9. The van der Waals surface area contributed by atoms with Crippen LogP contribution in [0.15, 0.2) is 36.8 Å². The van der Waals surface area contributed by atoms with Gasteiger partial charge in [0.15, 0.2) is 0 Å². The highest BCUT2D eigenvalue weighted by atomic mass is 16.6. The van der Waals surface area contributed by atoms with Crippen LogP contribution in [0, 0.1) is 19.3 Å². The van der Waals surface area contributed by atoms with Gasteiger partial charge in [-0.1, -0.05) is 0 Å². The molecule has 6 rings (SSSR count). The Morgan fingerprint density at radius 2 is 1.89 bits per heavy atom. The summed E-state index contributed by atoms with van der Waals surface area (Å²) in [6.45, 7) is 11.3. The molecule has 1 amide bonds. The van der Waals surface area contributed by atoms with Gasteiger partial charge in [0.05, 0.1) is 24.0 Å². The molecule has 1 N–H and O–H groups in total. The van der Waals surface area contributed by atoms with E-state index in [-0.39, 0.29) is 17.6 Å². The van der Waals surface area contributed by atoms with Gasteiger partial charge in [-0.2, -0.15) is 15.3 Å². The van der Waals surface area contributed by atoms with Gasteiger partial charge >= 0.3 is 6.09 Å². The fourth-order valence-electron chi connectivity index (χ4n) is 5.59. The average molecular weight is 515 g/mol. The number of carbonyl (C=O) groups is 1. The van der Waals surface area contributed by atoms with E-state index in [2.05, 4.69) is 35.3 Å². The summed E-state index contributed by atoms with van der Waals surface area (Å²) in [5.41, 5.74) is 5.58. The minimum atomic E-state index is -0.231. The van der Waals surface area contributed by atoms with Gasteiger partial charge in [-0.3, -0.25) is 5.10 Å². The first kappa shape index (κ1) is 24.1. The van der Waals surface area contributed by atoms with Crippen LogP contribution < -0.4 is 9.64 Å².